The van der Waals surface area contributed by atoms with Crippen molar-refractivity contribution in [3.63, 3.8) is 0 Å². The molecule has 0 bridgehead atoms. The first kappa shape index (κ1) is 16.4. The van der Waals surface area contributed by atoms with Crippen molar-refractivity contribution in [1.29, 1.82) is 0 Å². The number of aromatic nitrogens is 4. The van der Waals surface area contributed by atoms with Crippen LogP contribution in [0.3, 0.4) is 0 Å². The minimum Gasteiger partial charge on any atom is -0.481 e. The van der Waals surface area contributed by atoms with Gasteiger partial charge in [0.25, 0.3) is 0 Å². The van der Waals surface area contributed by atoms with Crippen molar-refractivity contribution < 1.29 is 9.13 Å². The fourth-order valence-electron chi connectivity index (χ4n) is 3.18. The quantitative estimate of drug-likeness (QED) is 0.714. The van der Waals surface area contributed by atoms with Crippen LogP contribution in [-0.2, 0) is 0 Å². The SMILES string of the molecule is COc1cc(C)nc(N2CCN(c3ncnc4c(F)cccc34)CC2)n1. The number of methoxy groups -OCH3 is 1. The normalized spacial score (nSPS) is 14.7. The lowest BCUT2D eigenvalue weighted by Crippen LogP contribution is -2.47. The molecule has 0 radical (unpaired) electrons. The van der Waals surface area contributed by atoms with Gasteiger partial charge in [0, 0.05) is 43.3 Å². The van der Waals surface area contributed by atoms with Gasteiger partial charge in [0.15, 0.2) is 0 Å². The molecule has 1 aliphatic rings. The number of halogens is 1. The molecule has 7 nitrogen and oxygen atoms in total. The molecule has 0 unspecified atom stereocenters. The molecule has 134 valence electrons. The average molecular weight is 354 g/mol. The molecule has 0 aliphatic carbocycles. The molecule has 0 saturated carbocycles. The van der Waals surface area contributed by atoms with Crippen LogP contribution in [0.2, 0.25) is 0 Å². The van der Waals surface area contributed by atoms with Gasteiger partial charge in [-0.1, -0.05) is 6.07 Å². The molecular formula is C18H19FN6O. The summed E-state index contributed by atoms with van der Waals surface area (Å²) in [5, 5.41) is 0.731. The van der Waals surface area contributed by atoms with Crippen molar-refractivity contribution in [2.45, 2.75) is 6.92 Å². The summed E-state index contributed by atoms with van der Waals surface area (Å²) in [5.41, 5.74) is 1.22. The molecule has 8 heteroatoms. The fourth-order valence-corrected chi connectivity index (χ4v) is 3.18. The van der Waals surface area contributed by atoms with Crippen molar-refractivity contribution in [3.05, 3.63) is 42.1 Å². The first-order valence-corrected chi connectivity index (χ1v) is 8.44. The molecule has 1 aliphatic heterocycles. The maximum atomic E-state index is 14.0. The van der Waals surface area contributed by atoms with Gasteiger partial charge in [0.2, 0.25) is 11.8 Å². The van der Waals surface area contributed by atoms with Crippen molar-refractivity contribution >= 4 is 22.7 Å². The highest BCUT2D eigenvalue weighted by molar-refractivity contribution is 5.89. The molecule has 0 atom stereocenters. The van der Waals surface area contributed by atoms with Gasteiger partial charge in [-0.3, -0.25) is 0 Å². The van der Waals surface area contributed by atoms with Crippen LogP contribution in [0.5, 0.6) is 5.88 Å². The third-order valence-corrected chi connectivity index (χ3v) is 4.48. The third-order valence-electron chi connectivity index (χ3n) is 4.48. The average Bonchev–Trinajstić information content (AvgIpc) is 2.67. The van der Waals surface area contributed by atoms with E-state index in [1.807, 2.05) is 13.0 Å². The molecular weight excluding hydrogens is 335 g/mol. The summed E-state index contributed by atoms with van der Waals surface area (Å²) in [6.07, 6.45) is 1.42. The number of anilines is 2. The maximum absolute atomic E-state index is 14.0. The van der Waals surface area contributed by atoms with Crippen LogP contribution in [0.1, 0.15) is 5.69 Å². The summed E-state index contributed by atoms with van der Waals surface area (Å²) < 4.78 is 19.2. The van der Waals surface area contributed by atoms with Crippen molar-refractivity contribution in [2.24, 2.45) is 0 Å². The van der Waals surface area contributed by atoms with E-state index in [2.05, 4.69) is 29.7 Å². The van der Waals surface area contributed by atoms with E-state index in [0.29, 0.717) is 17.3 Å². The minimum atomic E-state index is -0.329. The van der Waals surface area contributed by atoms with Crippen LogP contribution in [-0.4, -0.2) is 53.2 Å². The van der Waals surface area contributed by atoms with Gasteiger partial charge in [-0.2, -0.15) is 4.98 Å². The number of benzene rings is 1. The second-order valence-corrected chi connectivity index (χ2v) is 6.16. The van der Waals surface area contributed by atoms with Gasteiger partial charge in [0.05, 0.1) is 7.11 Å². The van der Waals surface area contributed by atoms with Gasteiger partial charge in [-0.05, 0) is 19.1 Å². The van der Waals surface area contributed by atoms with Crippen LogP contribution in [0.4, 0.5) is 16.2 Å². The fraction of sp³-hybridized carbons (Fsp3) is 0.333. The second-order valence-electron chi connectivity index (χ2n) is 6.16. The summed E-state index contributed by atoms with van der Waals surface area (Å²) in [7, 11) is 1.60. The van der Waals surface area contributed by atoms with E-state index in [0.717, 1.165) is 43.1 Å². The molecule has 0 spiro atoms. The number of rotatable bonds is 3. The molecule has 2 aromatic heterocycles. The topological polar surface area (TPSA) is 67.3 Å². The summed E-state index contributed by atoms with van der Waals surface area (Å²) in [4.78, 5) is 21.7. The number of hydrogen-bond acceptors (Lipinski definition) is 7. The Kier molecular flexibility index (Phi) is 4.24. The van der Waals surface area contributed by atoms with Gasteiger partial charge >= 0.3 is 0 Å². The Bertz CT molecular complexity index is 942. The number of piperazine rings is 1. The van der Waals surface area contributed by atoms with E-state index in [9.17, 15) is 4.39 Å². The first-order chi connectivity index (χ1) is 12.7. The standard InChI is InChI=1S/C18H19FN6O/c1-12-10-15(26-2)23-18(22-12)25-8-6-24(7-9-25)17-13-4-3-5-14(19)16(13)20-11-21-17/h3-5,10-11H,6-9H2,1-2H3. The van der Waals surface area contributed by atoms with Gasteiger partial charge in [-0.25, -0.2) is 19.3 Å². The van der Waals surface area contributed by atoms with Crippen molar-refractivity contribution in [3.8, 4) is 5.88 Å². The van der Waals surface area contributed by atoms with E-state index in [-0.39, 0.29) is 5.82 Å². The highest BCUT2D eigenvalue weighted by Gasteiger charge is 2.22. The van der Waals surface area contributed by atoms with Crippen molar-refractivity contribution in [2.75, 3.05) is 43.1 Å². The van der Waals surface area contributed by atoms with E-state index in [1.165, 1.54) is 12.4 Å². The number of nitrogens with zero attached hydrogens (tertiary/aromatic N) is 6. The Morgan fingerprint density at radius 3 is 2.58 bits per heavy atom. The Hall–Kier alpha value is -3.03. The summed E-state index contributed by atoms with van der Waals surface area (Å²) in [6.45, 7) is 4.89. The Balaban J connectivity index is 1.56. The maximum Gasteiger partial charge on any atom is 0.228 e. The van der Waals surface area contributed by atoms with Crippen LogP contribution < -0.4 is 14.5 Å². The van der Waals surface area contributed by atoms with E-state index < -0.39 is 0 Å². The summed E-state index contributed by atoms with van der Waals surface area (Å²) in [6, 6.07) is 6.77. The lowest BCUT2D eigenvalue weighted by atomic mass is 10.2. The number of para-hydroxylation sites is 1. The second kappa shape index (κ2) is 6.70. The predicted molar refractivity (Wildman–Crippen MR) is 97.2 cm³/mol. The molecule has 3 heterocycles. The smallest absolute Gasteiger partial charge is 0.228 e. The highest BCUT2D eigenvalue weighted by Crippen LogP contribution is 2.26. The van der Waals surface area contributed by atoms with E-state index in [1.54, 1.807) is 19.2 Å². The number of ether oxygens (including phenoxy) is 1. The molecule has 4 rings (SSSR count). The number of aryl methyl sites for hydroxylation is 1. The van der Waals surface area contributed by atoms with Gasteiger partial charge < -0.3 is 14.5 Å². The predicted octanol–water partition coefficient (Wildman–Crippen LogP) is 2.20. The Morgan fingerprint density at radius 2 is 1.81 bits per heavy atom. The lowest BCUT2D eigenvalue weighted by molar-refractivity contribution is 0.396. The summed E-state index contributed by atoms with van der Waals surface area (Å²) in [5.74, 6) is 1.66. The zero-order chi connectivity index (χ0) is 18.1. The monoisotopic (exact) mass is 354 g/mol. The Labute approximate surface area is 150 Å². The van der Waals surface area contributed by atoms with E-state index in [4.69, 9.17) is 4.74 Å². The highest BCUT2D eigenvalue weighted by atomic mass is 19.1. The molecule has 0 N–H and O–H groups in total. The molecule has 0 amide bonds. The van der Waals surface area contributed by atoms with Crippen LogP contribution >= 0.6 is 0 Å². The largest absolute Gasteiger partial charge is 0.481 e. The van der Waals surface area contributed by atoms with Gasteiger partial charge in [-0.15, -0.1) is 0 Å². The molecule has 1 saturated heterocycles. The van der Waals surface area contributed by atoms with E-state index >= 15 is 0 Å². The van der Waals surface area contributed by atoms with Crippen LogP contribution in [0, 0.1) is 12.7 Å². The van der Waals surface area contributed by atoms with Crippen LogP contribution in [0.15, 0.2) is 30.6 Å². The van der Waals surface area contributed by atoms with Crippen molar-refractivity contribution in [1.82, 2.24) is 19.9 Å². The Morgan fingerprint density at radius 1 is 1.04 bits per heavy atom. The van der Waals surface area contributed by atoms with Crippen LogP contribution in [0.25, 0.3) is 10.9 Å². The zero-order valence-corrected chi connectivity index (χ0v) is 14.7. The third kappa shape index (κ3) is 2.98. The number of fused-ring (bicyclic) bond motifs is 1. The summed E-state index contributed by atoms with van der Waals surface area (Å²) >= 11 is 0. The minimum absolute atomic E-state index is 0.329. The molecule has 1 aromatic carbocycles. The lowest BCUT2D eigenvalue weighted by Gasteiger charge is -2.35. The van der Waals surface area contributed by atoms with Gasteiger partial charge in [0.1, 0.15) is 23.5 Å². The first-order valence-electron chi connectivity index (χ1n) is 8.44. The molecule has 3 aromatic rings. The number of hydrogen-bond donors (Lipinski definition) is 0. The molecule has 1 fully saturated rings. The molecule has 26 heavy (non-hydrogen) atoms. The zero-order valence-electron chi connectivity index (χ0n) is 14.7.